The molecular weight excluding hydrogens is 225 g/mol. The SMILES string of the molecule is CCCc1ccc(B2OC(C)(C)C(C)(C)O2)nc1. The van der Waals surface area contributed by atoms with E-state index < -0.39 is 0 Å². The Morgan fingerprint density at radius 3 is 2.17 bits per heavy atom. The predicted molar refractivity (Wildman–Crippen MR) is 73.9 cm³/mol. The monoisotopic (exact) mass is 247 g/mol. The van der Waals surface area contributed by atoms with Crippen molar-refractivity contribution in [2.45, 2.75) is 58.7 Å². The molecule has 1 aromatic rings. The summed E-state index contributed by atoms with van der Waals surface area (Å²) in [5.74, 6) is 0. The highest BCUT2D eigenvalue weighted by Gasteiger charge is 2.52. The van der Waals surface area contributed by atoms with Crippen molar-refractivity contribution in [1.29, 1.82) is 0 Å². The molecule has 1 aromatic heterocycles. The first-order chi connectivity index (χ1) is 8.36. The molecule has 1 aliphatic heterocycles. The number of hydrogen-bond donors (Lipinski definition) is 0. The molecule has 0 amide bonds. The van der Waals surface area contributed by atoms with Crippen LogP contribution in [0.15, 0.2) is 18.3 Å². The van der Waals surface area contributed by atoms with Crippen molar-refractivity contribution in [3.05, 3.63) is 23.9 Å². The van der Waals surface area contributed by atoms with Crippen LogP contribution in [0.2, 0.25) is 0 Å². The van der Waals surface area contributed by atoms with Gasteiger partial charge in [-0.15, -0.1) is 0 Å². The number of rotatable bonds is 3. The van der Waals surface area contributed by atoms with Crippen molar-refractivity contribution in [3.63, 3.8) is 0 Å². The van der Waals surface area contributed by atoms with Crippen molar-refractivity contribution < 1.29 is 9.31 Å². The summed E-state index contributed by atoms with van der Waals surface area (Å²) in [5, 5.41) is 0. The van der Waals surface area contributed by atoms with Crippen molar-refractivity contribution >= 4 is 12.7 Å². The van der Waals surface area contributed by atoms with E-state index in [0.29, 0.717) is 0 Å². The molecule has 98 valence electrons. The van der Waals surface area contributed by atoms with Crippen LogP contribution in [0.3, 0.4) is 0 Å². The molecule has 0 aliphatic carbocycles. The van der Waals surface area contributed by atoms with Crippen molar-refractivity contribution in [1.82, 2.24) is 4.98 Å². The molecule has 0 bridgehead atoms. The van der Waals surface area contributed by atoms with Crippen LogP contribution < -0.4 is 5.59 Å². The van der Waals surface area contributed by atoms with E-state index in [1.165, 1.54) is 5.56 Å². The first-order valence-corrected chi connectivity index (χ1v) is 6.66. The normalized spacial score (nSPS) is 21.3. The number of nitrogens with zero attached hydrogens (tertiary/aromatic N) is 1. The van der Waals surface area contributed by atoms with Gasteiger partial charge in [0.1, 0.15) is 0 Å². The van der Waals surface area contributed by atoms with E-state index >= 15 is 0 Å². The summed E-state index contributed by atoms with van der Waals surface area (Å²) in [6, 6.07) is 4.12. The van der Waals surface area contributed by atoms with Crippen LogP contribution in [0.4, 0.5) is 0 Å². The minimum absolute atomic E-state index is 0.304. The maximum atomic E-state index is 5.97. The van der Waals surface area contributed by atoms with Gasteiger partial charge in [0.2, 0.25) is 0 Å². The fourth-order valence-corrected chi connectivity index (χ4v) is 1.98. The molecule has 2 rings (SSSR count). The summed E-state index contributed by atoms with van der Waals surface area (Å²) < 4.78 is 11.9. The second kappa shape index (κ2) is 4.67. The van der Waals surface area contributed by atoms with Crippen molar-refractivity contribution in [2.24, 2.45) is 0 Å². The van der Waals surface area contributed by atoms with Gasteiger partial charge in [-0.1, -0.05) is 19.4 Å². The molecule has 0 unspecified atom stereocenters. The molecule has 1 saturated heterocycles. The lowest BCUT2D eigenvalue weighted by molar-refractivity contribution is 0.00578. The summed E-state index contributed by atoms with van der Waals surface area (Å²) in [6.45, 7) is 10.4. The van der Waals surface area contributed by atoms with E-state index in [9.17, 15) is 0 Å². The second-order valence-electron chi connectivity index (χ2n) is 5.93. The third-order valence-corrected chi connectivity index (χ3v) is 3.88. The molecule has 1 aliphatic rings. The zero-order valence-corrected chi connectivity index (χ0v) is 12.0. The average molecular weight is 247 g/mol. The molecule has 0 aromatic carbocycles. The molecule has 0 saturated carbocycles. The van der Waals surface area contributed by atoms with E-state index in [2.05, 4.69) is 45.7 Å². The third kappa shape index (κ3) is 2.45. The Balaban J connectivity index is 2.14. The fourth-order valence-electron chi connectivity index (χ4n) is 1.98. The summed E-state index contributed by atoms with van der Waals surface area (Å²) in [7, 11) is -0.356. The minimum Gasteiger partial charge on any atom is -0.398 e. The van der Waals surface area contributed by atoms with Crippen LogP contribution in [0, 0.1) is 0 Å². The van der Waals surface area contributed by atoms with Crippen molar-refractivity contribution in [3.8, 4) is 0 Å². The highest BCUT2D eigenvalue weighted by molar-refractivity contribution is 6.61. The molecule has 0 N–H and O–H groups in total. The van der Waals surface area contributed by atoms with Gasteiger partial charge in [0, 0.05) is 6.20 Å². The summed E-state index contributed by atoms with van der Waals surface area (Å²) >= 11 is 0. The Morgan fingerprint density at radius 2 is 1.72 bits per heavy atom. The van der Waals surface area contributed by atoms with Gasteiger partial charge < -0.3 is 9.31 Å². The van der Waals surface area contributed by atoms with Gasteiger partial charge in [0.25, 0.3) is 0 Å². The lowest BCUT2D eigenvalue weighted by Gasteiger charge is -2.32. The Kier molecular flexibility index (Phi) is 3.52. The van der Waals surface area contributed by atoms with E-state index in [1.807, 2.05) is 12.3 Å². The maximum absolute atomic E-state index is 5.97. The van der Waals surface area contributed by atoms with E-state index in [-0.39, 0.29) is 18.3 Å². The van der Waals surface area contributed by atoms with E-state index in [0.717, 1.165) is 18.4 Å². The number of hydrogen-bond acceptors (Lipinski definition) is 3. The molecule has 18 heavy (non-hydrogen) atoms. The fraction of sp³-hybridized carbons (Fsp3) is 0.643. The zero-order valence-electron chi connectivity index (χ0n) is 12.0. The lowest BCUT2D eigenvalue weighted by Crippen LogP contribution is -2.41. The molecular formula is C14H22BNO2. The van der Waals surface area contributed by atoms with Gasteiger partial charge in [0.15, 0.2) is 0 Å². The smallest absolute Gasteiger partial charge is 0.398 e. The Bertz CT molecular complexity index is 398. The lowest BCUT2D eigenvalue weighted by atomic mass is 9.84. The zero-order chi connectivity index (χ0) is 13.4. The van der Waals surface area contributed by atoms with Gasteiger partial charge in [0.05, 0.1) is 16.8 Å². The van der Waals surface area contributed by atoms with Gasteiger partial charge in [-0.05, 0) is 45.7 Å². The Morgan fingerprint density at radius 1 is 1.11 bits per heavy atom. The first-order valence-electron chi connectivity index (χ1n) is 6.66. The summed E-state index contributed by atoms with van der Waals surface area (Å²) in [5.41, 5.74) is 1.51. The molecule has 1 fully saturated rings. The number of pyridine rings is 1. The molecule has 0 spiro atoms. The average Bonchev–Trinajstić information content (AvgIpc) is 2.50. The van der Waals surface area contributed by atoms with E-state index in [1.54, 1.807) is 0 Å². The largest absolute Gasteiger partial charge is 0.514 e. The summed E-state index contributed by atoms with van der Waals surface area (Å²) in [6.07, 6.45) is 4.12. The van der Waals surface area contributed by atoms with Crippen LogP contribution in [0.1, 0.15) is 46.6 Å². The molecule has 4 heteroatoms. The molecule has 3 nitrogen and oxygen atoms in total. The van der Waals surface area contributed by atoms with Gasteiger partial charge in [-0.25, -0.2) is 0 Å². The topological polar surface area (TPSA) is 31.4 Å². The highest BCUT2D eigenvalue weighted by Crippen LogP contribution is 2.36. The van der Waals surface area contributed by atoms with Gasteiger partial charge in [-0.2, -0.15) is 0 Å². The summed E-state index contributed by atoms with van der Waals surface area (Å²) in [4.78, 5) is 4.46. The highest BCUT2D eigenvalue weighted by atomic mass is 16.7. The van der Waals surface area contributed by atoms with Gasteiger partial charge in [-0.3, -0.25) is 4.98 Å². The molecule has 0 radical (unpaired) electrons. The third-order valence-electron chi connectivity index (χ3n) is 3.88. The quantitative estimate of drug-likeness (QED) is 0.768. The van der Waals surface area contributed by atoms with Crippen LogP contribution >= 0.6 is 0 Å². The van der Waals surface area contributed by atoms with Crippen molar-refractivity contribution in [2.75, 3.05) is 0 Å². The van der Waals surface area contributed by atoms with Crippen LogP contribution in [0.25, 0.3) is 0 Å². The Labute approximate surface area is 110 Å². The van der Waals surface area contributed by atoms with Crippen LogP contribution in [0.5, 0.6) is 0 Å². The second-order valence-corrected chi connectivity index (χ2v) is 5.93. The molecule has 2 heterocycles. The minimum atomic E-state index is -0.356. The van der Waals surface area contributed by atoms with Gasteiger partial charge >= 0.3 is 7.12 Å². The van der Waals surface area contributed by atoms with E-state index in [4.69, 9.17) is 9.31 Å². The maximum Gasteiger partial charge on any atom is 0.514 e. The predicted octanol–water partition coefficient (Wildman–Crippen LogP) is 2.33. The van der Waals surface area contributed by atoms with Crippen LogP contribution in [-0.4, -0.2) is 23.3 Å². The Hall–Kier alpha value is -0.865. The standard InChI is InChI=1S/C14H22BNO2/c1-6-7-11-8-9-12(16-10-11)15-17-13(2,3)14(4,5)18-15/h8-10H,6-7H2,1-5H3. The number of aryl methyl sites for hydroxylation is 1. The number of aromatic nitrogens is 1. The molecule has 0 atom stereocenters. The van der Waals surface area contributed by atoms with Crippen LogP contribution in [-0.2, 0) is 15.7 Å². The first kappa shape index (κ1) is 13.6.